The number of anilines is 1. The number of hydrogen-bond donors (Lipinski definition) is 1. The van der Waals surface area contributed by atoms with Crippen LogP contribution >= 0.6 is 0 Å². The highest BCUT2D eigenvalue weighted by atomic mass is 16.5. The van der Waals surface area contributed by atoms with Crippen LogP contribution < -0.4 is 10.1 Å². The van der Waals surface area contributed by atoms with E-state index >= 15 is 0 Å². The SMILES string of the molecule is CCN1CCCC1CNc1ccnc2oc(-c3ccc(OCCN(C)C)cc3)c(-c3ccccc3)c12. The van der Waals surface area contributed by atoms with E-state index in [4.69, 9.17) is 9.15 Å². The monoisotopic (exact) mass is 484 g/mol. The quantitative estimate of drug-likeness (QED) is 0.298. The van der Waals surface area contributed by atoms with Gasteiger partial charge in [0.05, 0.1) is 5.39 Å². The third-order valence-corrected chi connectivity index (χ3v) is 7.01. The van der Waals surface area contributed by atoms with Crippen molar-refractivity contribution in [3.8, 4) is 28.2 Å². The molecule has 188 valence electrons. The molecule has 0 saturated carbocycles. The molecule has 1 aliphatic rings. The number of nitrogens with one attached hydrogen (secondary N) is 1. The molecule has 6 heteroatoms. The van der Waals surface area contributed by atoms with Crippen LogP contribution in [0.15, 0.2) is 71.3 Å². The average molecular weight is 485 g/mol. The maximum Gasteiger partial charge on any atom is 0.229 e. The van der Waals surface area contributed by atoms with Crippen LogP contribution in [-0.4, -0.2) is 67.7 Å². The summed E-state index contributed by atoms with van der Waals surface area (Å²) in [6, 6.07) is 21.3. The molecule has 6 nitrogen and oxygen atoms in total. The molecule has 36 heavy (non-hydrogen) atoms. The van der Waals surface area contributed by atoms with Gasteiger partial charge in [0.1, 0.15) is 18.1 Å². The van der Waals surface area contributed by atoms with E-state index in [-0.39, 0.29) is 0 Å². The van der Waals surface area contributed by atoms with E-state index in [0.29, 0.717) is 18.4 Å². The van der Waals surface area contributed by atoms with E-state index in [1.807, 2.05) is 38.5 Å². The van der Waals surface area contributed by atoms with Gasteiger partial charge in [-0.25, -0.2) is 4.98 Å². The van der Waals surface area contributed by atoms with Gasteiger partial charge in [-0.3, -0.25) is 4.90 Å². The van der Waals surface area contributed by atoms with Gasteiger partial charge in [-0.05, 0) is 75.9 Å². The standard InChI is InChI=1S/C30H36N4O2/c1-4-34-18-8-11-24(34)21-32-26-16-17-31-30-28(26)27(22-9-6-5-7-10-22)29(36-30)23-12-14-25(15-13-23)35-20-19-33(2)3/h5-7,9-10,12-17,24H,4,8,11,18-21H2,1-3H3,(H,31,32). The van der Waals surface area contributed by atoms with Crippen LogP contribution in [0.2, 0.25) is 0 Å². The predicted octanol–water partition coefficient (Wildman–Crippen LogP) is 6.00. The van der Waals surface area contributed by atoms with Crippen LogP contribution in [0.3, 0.4) is 0 Å². The number of benzene rings is 2. The highest BCUT2D eigenvalue weighted by Gasteiger charge is 2.25. The number of hydrogen-bond acceptors (Lipinski definition) is 6. The van der Waals surface area contributed by atoms with Crippen molar-refractivity contribution < 1.29 is 9.15 Å². The lowest BCUT2D eigenvalue weighted by Gasteiger charge is -2.23. The molecule has 1 N–H and O–H groups in total. The summed E-state index contributed by atoms with van der Waals surface area (Å²) in [5.74, 6) is 1.68. The maximum atomic E-state index is 6.44. The van der Waals surface area contributed by atoms with Gasteiger partial charge >= 0.3 is 0 Å². The average Bonchev–Trinajstić information content (AvgIpc) is 3.53. The summed E-state index contributed by atoms with van der Waals surface area (Å²) in [4.78, 5) is 9.29. The largest absolute Gasteiger partial charge is 0.492 e. The molecule has 4 aromatic rings. The Morgan fingerprint density at radius 2 is 1.86 bits per heavy atom. The van der Waals surface area contributed by atoms with Crippen LogP contribution in [0.25, 0.3) is 33.6 Å². The second-order valence-electron chi connectivity index (χ2n) is 9.69. The van der Waals surface area contributed by atoms with Crippen molar-refractivity contribution in [1.29, 1.82) is 0 Å². The van der Waals surface area contributed by atoms with E-state index in [2.05, 4.69) is 69.5 Å². The highest BCUT2D eigenvalue weighted by Crippen LogP contribution is 2.43. The first kappa shape index (κ1) is 24.3. The molecule has 0 spiro atoms. The normalized spacial score (nSPS) is 16.2. The van der Waals surface area contributed by atoms with Crippen LogP contribution in [-0.2, 0) is 0 Å². The lowest BCUT2D eigenvalue weighted by Crippen LogP contribution is -2.34. The Bertz CT molecular complexity index is 1270. The molecule has 3 heterocycles. The molecule has 0 bridgehead atoms. The van der Waals surface area contributed by atoms with Crippen molar-refractivity contribution >= 4 is 16.8 Å². The topological polar surface area (TPSA) is 53.8 Å². The van der Waals surface area contributed by atoms with Gasteiger partial charge in [0.2, 0.25) is 5.71 Å². The summed E-state index contributed by atoms with van der Waals surface area (Å²) in [7, 11) is 4.09. The Balaban J connectivity index is 1.50. The Labute approximate surface area is 213 Å². The molecule has 0 amide bonds. The minimum absolute atomic E-state index is 0.560. The van der Waals surface area contributed by atoms with Gasteiger partial charge in [-0.2, -0.15) is 0 Å². The molecule has 1 aliphatic heterocycles. The fraction of sp³-hybridized carbons (Fsp3) is 0.367. The fourth-order valence-electron chi connectivity index (χ4n) is 5.07. The van der Waals surface area contributed by atoms with Crippen molar-refractivity contribution in [2.75, 3.05) is 52.2 Å². The van der Waals surface area contributed by atoms with Gasteiger partial charge in [0.25, 0.3) is 0 Å². The zero-order valence-corrected chi connectivity index (χ0v) is 21.5. The number of fused-ring (bicyclic) bond motifs is 1. The second-order valence-corrected chi connectivity index (χ2v) is 9.69. The minimum atomic E-state index is 0.560. The maximum absolute atomic E-state index is 6.44. The highest BCUT2D eigenvalue weighted by molar-refractivity contribution is 6.06. The molecular weight excluding hydrogens is 448 g/mol. The second kappa shape index (κ2) is 11.1. The number of pyridine rings is 1. The number of nitrogens with zero attached hydrogens (tertiary/aromatic N) is 3. The van der Waals surface area contributed by atoms with Crippen LogP contribution in [0.1, 0.15) is 19.8 Å². The van der Waals surface area contributed by atoms with E-state index < -0.39 is 0 Å². The van der Waals surface area contributed by atoms with Crippen molar-refractivity contribution in [3.63, 3.8) is 0 Å². The van der Waals surface area contributed by atoms with Gasteiger partial charge in [0, 0.05) is 42.1 Å². The molecule has 1 unspecified atom stereocenters. The van der Waals surface area contributed by atoms with E-state index in [0.717, 1.165) is 58.9 Å². The third kappa shape index (κ3) is 5.25. The number of furan rings is 1. The van der Waals surface area contributed by atoms with Crippen molar-refractivity contribution in [2.45, 2.75) is 25.8 Å². The number of ether oxygens (including phenoxy) is 1. The smallest absolute Gasteiger partial charge is 0.229 e. The molecule has 1 atom stereocenters. The fourth-order valence-corrected chi connectivity index (χ4v) is 5.07. The first-order valence-corrected chi connectivity index (χ1v) is 13.0. The van der Waals surface area contributed by atoms with Gasteiger partial charge in [-0.1, -0.05) is 37.3 Å². The summed E-state index contributed by atoms with van der Waals surface area (Å²) in [5, 5.41) is 4.78. The van der Waals surface area contributed by atoms with Gasteiger partial charge < -0.3 is 19.4 Å². The Kier molecular flexibility index (Phi) is 7.54. The number of rotatable bonds is 10. The van der Waals surface area contributed by atoms with E-state index in [1.165, 1.54) is 19.4 Å². The lowest BCUT2D eigenvalue weighted by molar-refractivity contribution is 0.261. The summed E-state index contributed by atoms with van der Waals surface area (Å²) in [5.41, 5.74) is 4.91. The molecule has 2 aromatic carbocycles. The van der Waals surface area contributed by atoms with Crippen LogP contribution in [0, 0.1) is 0 Å². The molecule has 0 aliphatic carbocycles. The van der Waals surface area contributed by atoms with Crippen molar-refractivity contribution in [3.05, 3.63) is 66.9 Å². The van der Waals surface area contributed by atoms with Crippen LogP contribution in [0.4, 0.5) is 5.69 Å². The Morgan fingerprint density at radius 3 is 2.61 bits per heavy atom. The number of aromatic nitrogens is 1. The zero-order valence-electron chi connectivity index (χ0n) is 21.5. The van der Waals surface area contributed by atoms with Crippen molar-refractivity contribution in [1.82, 2.24) is 14.8 Å². The molecule has 1 saturated heterocycles. The van der Waals surface area contributed by atoms with Gasteiger partial charge in [-0.15, -0.1) is 0 Å². The first-order chi connectivity index (χ1) is 17.6. The predicted molar refractivity (Wildman–Crippen MR) is 148 cm³/mol. The molecular formula is C30H36N4O2. The first-order valence-electron chi connectivity index (χ1n) is 13.0. The number of likely N-dealkylation sites (N-methyl/N-ethyl adjacent to an activating group) is 2. The summed E-state index contributed by atoms with van der Waals surface area (Å²) in [6.45, 7) is 6.98. The summed E-state index contributed by atoms with van der Waals surface area (Å²) < 4.78 is 12.3. The molecule has 2 aromatic heterocycles. The zero-order chi connectivity index (χ0) is 24.9. The molecule has 5 rings (SSSR count). The minimum Gasteiger partial charge on any atom is -0.492 e. The number of likely N-dealkylation sites (tertiary alicyclic amines) is 1. The summed E-state index contributed by atoms with van der Waals surface area (Å²) in [6.07, 6.45) is 4.34. The molecule has 1 fully saturated rings. The third-order valence-electron chi connectivity index (χ3n) is 7.01. The summed E-state index contributed by atoms with van der Waals surface area (Å²) >= 11 is 0. The molecule has 0 radical (unpaired) electrons. The Hall–Kier alpha value is -3.35. The Morgan fingerprint density at radius 1 is 1.06 bits per heavy atom. The lowest BCUT2D eigenvalue weighted by atomic mass is 9.98. The van der Waals surface area contributed by atoms with E-state index in [9.17, 15) is 0 Å². The van der Waals surface area contributed by atoms with Crippen LogP contribution in [0.5, 0.6) is 5.75 Å². The van der Waals surface area contributed by atoms with Gasteiger partial charge in [0.15, 0.2) is 0 Å². The van der Waals surface area contributed by atoms with Crippen molar-refractivity contribution in [2.24, 2.45) is 0 Å². The van der Waals surface area contributed by atoms with E-state index in [1.54, 1.807) is 0 Å².